The van der Waals surface area contributed by atoms with Gasteiger partial charge in [-0.1, -0.05) is 13.8 Å². The summed E-state index contributed by atoms with van der Waals surface area (Å²) >= 11 is 0. The number of nitrogens with zero attached hydrogens (tertiary/aromatic N) is 1. The monoisotopic (exact) mass is 303 g/mol. The summed E-state index contributed by atoms with van der Waals surface area (Å²) in [5.74, 6) is 0. The van der Waals surface area contributed by atoms with Gasteiger partial charge in [0.05, 0.1) is 12.1 Å². The van der Waals surface area contributed by atoms with E-state index in [1.165, 1.54) is 0 Å². The lowest BCUT2D eigenvalue weighted by atomic mass is 9.94. The molecule has 0 saturated carbocycles. The van der Waals surface area contributed by atoms with Crippen molar-refractivity contribution >= 4 is 16.1 Å². The fraction of sp³-hybridized carbons (Fsp3) is 1.00. The van der Waals surface area contributed by atoms with Gasteiger partial charge in [-0.25, -0.2) is 4.39 Å². The predicted octanol–water partition coefficient (Wildman–Crippen LogP) is 3.46. The standard InChI is InChI=1S/C14H28BFNO2P/c1-7-11-13(12(16)14(15)18-11)19-20(8-2)17(9(3)4)10(5)6/h9-14H,7-8H2,1-6H3. The molecule has 0 aromatic carbocycles. The van der Waals surface area contributed by atoms with Crippen LogP contribution in [0.5, 0.6) is 0 Å². The molecule has 5 unspecified atom stereocenters. The maximum Gasteiger partial charge on any atom is 0.146 e. The maximum absolute atomic E-state index is 14.2. The lowest BCUT2D eigenvalue weighted by Crippen LogP contribution is -2.38. The van der Waals surface area contributed by atoms with Gasteiger partial charge in [-0.05, 0) is 34.1 Å². The zero-order valence-corrected chi connectivity index (χ0v) is 14.4. The van der Waals surface area contributed by atoms with Gasteiger partial charge < -0.3 is 9.26 Å². The third kappa shape index (κ3) is 4.16. The highest BCUT2D eigenvalue weighted by Gasteiger charge is 2.44. The summed E-state index contributed by atoms with van der Waals surface area (Å²) in [5, 5.41) is 0. The first kappa shape index (κ1) is 18.4. The van der Waals surface area contributed by atoms with Crippen molar-refractivity contribution in [3.05, 3.63) is 0 Å². The third-order valence-electron chi connectivity index (χ3n) is 3.56. The van der Waals surface area contributed by atoms with Gasteiger partial charge in [0, 0.05) is 18.2 Å². The summed E-state index contributed by atoms with van der Waals surface area (Å²) in [6.45, 7) is 12.7. The number of rotatable bonds is 7. The molecule has 116 valence electrons. The van der Waals surface area contributed by atoms with Crippen LogP contribution >= 0.6 is 8.30 Å². The van der Waals surface area contributed by atoms with E-state index in [2.05, 4.69) is 39.3 Å². The van der Waals surface area contributed by atoms with Crippen molar-refractivity contribution < 1.29 is 13.7 Å². The van der Waals surface area contributed by atoms with Gasteiger partial charge in [0.1, 0.15) is 28.4 Å². The van der Waals surface area contributed by atoms with Gasteiger partial charge >= 0.3 is 0 Å². The number of alkyl halides is 1. The Hall–Kier alpha value is 0.305. The van der Waals surface area contributed by atoms with Gasteiger partial charge in [-0.2, -0.15) is 0 Å². The largest absolute Gasteiger partial charge is 0.379 e. The van der Waals surface area contributed by atoms with Crippen molar-refractivity contribution in [2.45, 2.75) is 84.4 Å². The van der Waals surface area contributed by atoms with Gasteiger partial charge in [-0.15, -0.1) is 0 Å². The quantitative estimate of drug-likeness (QED) is 0.531. The molecule has 0 amide bonds. The fourth-order valence-corrected chi connectivity index (χ4v) is 4.89. The molecule has 1 aliphatic rings. The number of ether oxygens (including phenoxy) is 1. The highest BCUT2D eigenvalue weighted by molar-refractivity contribution is 7.50. The van der Waals surface area contributed by atoms with Gasteiger partial charge in [0.25, 0.3) is 0 Å². The van der Waals surface area contributed by atoms with E-state index in [0.29, 0.717) is 12.1 Å². The van der Waals surface area contributed by atoms with Crippen molar-refractivity contribution in [1.29, 1.82) is 0 Å². The average Bonchev–Trinajstić information content (AvgIpc) is 2.64. The van der Waals surface area contributed by atoms with E-state index in [1.807, 2.05) is 6.92 Å². The summed E-state index contributed by atoms with van der Waals surface area (Å²) in [5.41, 5.74) is 0. The van der Waals surface area contributed by atoms with Crippen LogP contribution in [-0.4, -0.2) is 55.1 Å². The highest BCUT2D eigenvalue weighted by atomic mass is 31.2. The van der Waals surface area contributed by atoms with Crippen LogP contribution in [-0.2, 0) is 9.26 Å². The molecule has 0 aromatic heterocycles. The van der Waals surface area contributed by atoms with E-state index in [-0.39, 0.29) is 6.10 Å². The van der Waals surface area contributed by atoms with Crippen molar-refractivity contribution in [2.24, 2.45) is 0 Å². The lowest BCUT2D eigenvalue weighted by Gasteiger charge is -2.38. The van der Waals surface area contributed by atoms with Crippen molar-refractivity contribution in [2.75, 3.05) is 6.16 Å². The Kier molecular flexibility index (Phi) is 7.41. The second-order valence-electron chi connectivity index (χ2n) is 5.80. The lowest BCUT2D eigenvalue weighted by molar-refractivity contribution is 0.0397. The third-order valence-corrected chi connectivity index (χ3v) is 6.02. The van der Waals surface area contributed by atoms with Crippen LogP contribution < -0.4 is 0 Å². The Morgan fingerprint density at radius 3 is 2.20 bits per heavy atom. The van der Waals surface area contributed by atoms with Crippen LogP contribution in [0.2, 0.25) is 0 Å². The highest BCUT2D eigenvalue weighted by Crippen LogP contribution is 2.48. The van der Waals surface area contributed by atoms with Crippen molar-refractivity contribution in [3.8, 4) is 0 Å². The molecular formula is C14H28BFNO2P. The molecule has 5 atom stereocenters. The zero-order chi connectivity index (χ0) is 15.4. The molecule has 1 aliphatic heterocycles. The van der Waals surface area contributed by atoms with Crippen molar-refractivity contribution in [3.63, 3.8) is 0 Å². The molecule has 0 spiro atoms. The van der Waals surface area contributed by atoms with Crippen LogP contribution in [0.25, 0.3) is 0 Å². The molecule has 2 radical (unpaired) electrons. The van der Waals surface area contributed by atoms with Crippen LogP contribution in [0, 0.1) is 0 Å². The van der Waals surface area contributed by atoms with E-state index >= 15 is 0 Å². The molecule has 1 fully saturated rings. The topological polar surface area (TPSA) is 21.7 Å². The summed E-state index contributed by atoms with van der Waals surface area (Å²) in [6.07, 6.45) is -0.424. The first-order chi connectivity index (χ1) is 9.33. The molecule has 0 N–H and O–H groups in total. The second kappa shape index (κ2) is 8.07. The molecule has 1 saturated heterocycles. The first-order valence-corrected chi connectivity index (χ1v) is 9.00. The molecule has 0 bridgehead atoms. The minimum Gasteiger partial charge on any atom is -0.379 e. The second-order valence-corrected chi connectivity index (χ2v) is 7.81. The molecule has 1 rings (SSSR count). The van der Waals surface area contributed by atoms with E-state index in [4.69, 9.17) is 17.1 Å². The van der Waals surface area contributed by atoms with E-state index in [0.717, 1.165) is 12.6 Å². The Balaban J connectivity index is 2.80. The first-order valence-electron chi connectivity index (χ1n) is 7.61. The summed E-state index contributed by atoms with van der Waals surface area (Å²) in [6, 6.07) is -0.115. The van der Waals surface area contributed by atoms with Gasteiger partial charge in [0.15, 0.2) is 0 Å². The van der Waals surface area contributed by atoms with Crippen LogP contribution in [0.4, 0.5) is 4.39 Å². The van der Waals surface area contributed by atoms with Crippen LogP contribution in [0.3, 0.4) is 0 Å². The normalized spacial score (nSPS) is 32.5. The van der Waals surface area contributed by atoms with Gasteiger partial charge in [0.2, 0.25) is 0 Å². The summed E-state index contributed by atoms with van der Waals surface area (Å²) in [4.78, 5) is 0. The number of hydrogen-bond acceptors (Lipinski definition) is 3. The molecule has 0 aromatic rings. The fourth-order valence-electron chi connectivity index (χ4n) is 2.75. The SMILES string of the molecule is [B]C1OC(CC)C(OP(CC)N(C(C)C)C(C)C)C1F. The Morgan fingerprint density at radius 2 is 1.80 bits per heavy atom. The minimum absolute atomic E-state index is 0.238. The van der Waals surface area contributed by atoms with Crippen molar-refractivity contribution in [1.82, 2.24) is 4.67 Å². The maximum atomic E-state index is 14.2. The number of halogens is 1. The Labute approximate surface area is 125 Å². The van der Waals surface area contributed by atoms with Gasteiger partial charge in [-0.3, -0.25) is 4.67 Å². The van der Waals surface area contributed by atoms with E-state index in [1.54, 1.807) is 0 Å². The number of hydrogen-bond donors (Lipinski definition) is 0. The smallest absolute Gasteiger partial charge is 0.146 e. The minimum atomic E-state index is -1.24. The Bertz CT molecular complexity index is 288. The Morgan fingerprint density at radius 1 is 1.25 bits per heavy atom. The van der Waals surface area contributed by atoms with Crippen LogP contribution in [0.1, 0.15) is 48.0 Å². The molecule has 6 heteroatoms. The molecular weight excluding hydrogens is 275 g/mol. The summed E-state index contributed by atoms with van der Waals surface area (Å²) in [7, 11) is 4.83. The zero-order valence-electron chi connectivity index (χ0n) is 13.5. The van der Waals surface area contributed by atoms with E-state index < -0.39 is 26.6 Å². The average molecular weight is 303 g/mol. The summed E-state index contributed by atoms with van der Waals surface area (Å²) < 4.78 is 28.1. The van der Waals surface area contributed by atoms with Crippen LogP contribution in [0.15, 0.2) is 0 Å². The molecule has 0 aliphatic carbocycles. The predicted molar refractivity (Wildman–Crippen MR) is 84.0 cm³/mol. The molecule has 20 heavy (non-hydrogen) atoms. The molecule has 3 nitrogen and oxygen atoms in total. The molecule has 1 heterocycles. The van der Waals surface area contributed by atoms with E-state index in [9.17, 15) is 4.39 Å².